The Morgan fingerprint density at radius 2 is 1.11 bits per heavy atom. The van der Waals surface area contributed by atoms with E-state index < -0.39 is 5.97 Å². The average Bonchev–Trinajstić information content (AvgIpc) is 3.94. The Bertz CT molecular complexity index is 2910. The van der Waals surface area contributed by atoms with Crippen LogP contribution in [-0.2, 0) is 32.0 Å². The molecule has 2 aromatic carbocycles. The van der Waals surface area contributed by atoms with Crippen LogP contribution in [0.25, 0.3) is 34.1 Å². The van der Waals surface area contributed by atoms with E-state index in [0.717, 1.165) is 121 Å². The Morgan fingerprint density at radius 1 is 0.662 bits per heavy atom. The Hall–Kier alpha value is -6.36. The molecular weight excluding hydrogens is 944 g/mol. The summed E-state index contributed by atoms with van der Waals surface area (Å²) in [7, 11) is 4.16. The number of anilines is 2. The number of fused-ring (bicyclic) bond motifs is 4. The molecule has 0 bridgehead atoms. The van der Waals surface area contributed by atoms with Gasteiger partial charge in [0, 0.05) is 67.4 Å². The molecule has 0 aliphatic carbocycles. The smallest absolute Gasteiger partial charge is 0.328 e. The van der Waals surface area contributed by atoms with Gasteiger partial charge in [0.05, 0.1) is 16.7 Å². The van der Waals surface area contributed by atoms with Gasteiger partial charge in [-0.05, 0) is 150 Å². The summed E-state index contributed by atoms with van der Waals surface area (Å²) in [5.74, 6) is 3.31. The van der Waals surface area contributed by atoms with Gasteiger partial charge in [-0.1, -0.05) is 36.4 Å². The second kappa shape index (κ2) is 21.6. The number of halogens is 2. The van der Waals surface area contributed by atoms with E-state index in [9.17, 15) is 19.2 Å². The number of carboxylic acids is 1. The number of hydrogen-bond acceptors (Lipinski definition) is 11. The van der Waals surface area contributed by atoms with Crippen LogP contribution in [0.4, 0.5) is 11.6 Å². The number of aliphatic carboxylic acids is 1. The molecule has 17 heteroatoms. The molecule has 4 saturated heterocycles. The molecule has 6 aromatic rings. The summed E-state index contributed by atoms with van der Waals surface area (Å²) < 4.78 is 11.7. The number of carbonyl (C=O) groups excluding carboxylic acids is 3. The van der Waals surface area contributed by atoms with Gasteiger partial charge in [-0.25, -0.2) is 14.8 Å². The number of carboxylic acid groups (broad SMARTS) is 1. The van der Waals surface area contributed by atoms with Crippen molar-refractivity contribution in [3.05, 3.63) is 131 Å². The zero-order valence-corrected chi connectivity index (χ0v) is 41.5. The Morgan fingerprint density at radius 3 is 1.55 bits per heavy atom. The van der Waals surface area contributed by atoms with E-state index in [1.165, 1.54) is 11.5 Å². The third-order valence-electron chi connectivity index (χ3n) is 14.9. The number of piperidine rings is 2. The quantitative estimate of drug-likeness (QED) is 0.118. The highest BCUT2D eigenvalue weighted by molar-refractivity contribution is 5.99. The Balaban J connectivity index is 0.000000156. The molecule has 6 aliphatic heterocycles. The van der Waals surface area contributed by atoms with Crippen LogP contribution in [0.3, 0.4) is 0 Å². The summed E-state index contributed by atoms with van der Waals surface area (Å²) in [4.78, 5) is 63.6. The minimum absolute atomic E-state index is 0. The van der Waals surface area contributed by atoms with E-state index >= 15 is 0 Å². The number of aromatic nitrogens is 2. The molecule has 6 aliphatic rings. The van der Waals surface area contributed by atoms with Crippen molar-refractivity contribution in [2.75, 3.05) is 77.1 Å². The number of likely N-dealkylation sites (tertiary alicyclic amines) is 3. The molecule has 15 nitrogen and oxygen atoms in total. The first-order chi connectivity index (χ1) is 33.4. The topological polar surface area (TPSA) is 186 Å². The highest BCUT2D eigenvalue weighted by Gasteiger charge is 2.45. The summed E-state index contributed by atoms with van der Waals surface area (Å²) in [6.07, 6.45) is 14.1. The van der Waals surface area contributed by atoms with Crippen LogP contribution < -0.4 is 16.0 Å². The van der Waals surface area contributed by atoms with E-state index in [0.29, 0.717) is 43.5 Å². The van der Waals surface area contributed by atoms with Gasteiger partial charge < -0.3 is 44.6 Å². The third kappa shape index (κ3) is 11.1. The zero-order chi connectivity index (χ0) is 47.7. The minimum Gasteiger partial charge on any atom is -0.478 e. The van der Waals surface area contributed by atoms with Gasteiger partial charge in [0.25, 0.3) is 0 Å². The first-order valence-electron chi connectivity index (χ1n) is 23.9. The van der Waals surface area contributed by atoms with Crippen LogP contribution in [0.1, 0.15) is 71.3 Å². The highest BCUT2D eigenvalue weighted by atomic mass is 35.5. The summed E-state index contributed by atoms with van der Waals surface area (Å²) in [6.45, 7) is 7.11. The highest BCUT2D eigenvalue weighted by Crippen LogP contribution is 2.42. The zero-order valence-electron chi connectivity index (χ0n) is 39.9. The van der Waals surface area contributed by atoms with Crippen molar-refractivity contribution in [1.82, 2.24) is 30.0 Å². The van der Waals surface area contributed by atoms with Crippen LogP contribution in [0.15, 0.2) is 106 Å². The number of nitrogens with zero attached hydrogens (tertiary/aromatic N) is 5. The molecule has 0 atom stereocenters. The van der Waals surface area contributed by atoms with Gasteiger partial charge in [0.15, 0.2) is 0 Å². The summed E-state index contributed by atoms with van der Waals surface area (Å²) >= 11 is 0. The number of furan rings is 2. The molecular formula is C54H60Cl2N8O7. The molecule has 0 saturated carbocycles. The number of benzene rings is 2. The van der Waals surface area contributed by atoms with Gasteiger partial charge in [-0.2, -0.15) is 0 Å². The first-order valence-corrected chi connectivity index (χ1v) is 23.9. The van der Waals surface area contributed by atoms with Crippen LogP contribution in [0.5, 0.6) is 0 Å². The maximum absolute atomic E-state index is 12.8. The minimum atomic E-state index is -0.988. The molecule has 10 heterocycles. The number of para-hydroxylation sites is 2. The van der Waals surface area contributed by atoms with Crippen molar-refractivity contribution >= 4 is 94.2 Å². The lowest BCUT2D eigenvalue weighted by molar-refractivity contribution is -0.131. The summed E-state index contributed by atoms with van der Waals surface area (Å²) in [5, 5.41) is 20.2. The van der Waals surface area contributed by atoms with Gasteiger partial charge in [0.2, 0.25) is 17.7 Å². The Labute approximate surface area is 424 Å². The van der Waals surface area contributed by atoms with E-state index in [1.807, 2.05) is 59.5 Å². The van der Waals surface area contributed by atoms with Crippen LogP contribution in [-0.4, -0.2) is 120 Å². The van der Waals surface area contributed by atoms with Crippen molar-refractivity contribution < 1.29 is 33.1 Å². The van der Waals surface area contributed by atoms with Crippen LogP contribution in [0, 0.1) is 10.8 Å². The standard InChI is InChI=1S/C27H28N4O3.C16H19N3O3.C11H11NO.2ClH/c1-30-10-8-27(9-11-30)14-20-12-18(15-28-25(20)29-26(27)33)6-7-24(32)31-16-21(17-31)23-13-19-4-2-3-5-22(19)34-23;1-19-6-4-16(5-7-19)9-12-8-11(2-3-13(20)21)10-17-14(12)18-15(16)22;1-2-4-10-8(3-1)5-11(13-10)9-6-12-7-9;;/h2-7,12-13,15,21H,8-11,14,16-17H2,1H3,(H,28,29,33);2-3,8,10H,4-7,9H2,1H3,(H,20,21)(H,17,18,22);1-5,9,12H,6-7H2;2*1H/b7-6+;3-2+;;;. The molecule has 372 valence electrons. The van der Waals surface area contributed by atoms with E-state index in [1.54, 1.807) is 18.5 Å². The monoisotopic (exact) mass is 1000 g/mol. The SMILES string of the molecule is CN1CCC2(CC1)Cc1cc(/C=C/C(=O)N3CC(c4cc5ccccc5o4)C3)cnc1NC2=O.CN1CCC2(CC1)Cc1cc(/C=C/C(=O)O)cnc1NC2=O.Cl.Cl.c1ccc2oc(C3CNC3)cc2c1. The molecule has 4 aromatic heterocycles. The lowest BCUT2D eigenvalue weighted by Gasteiger charge is -2.42. The van der Waals surface area contributed by atoms with Crippen molar-refractivity contribution in [3.8, 4) is 0 Å². The predicted molar refractivity (Wildman–Crippen MR) is 279 cm³/mol. The van der Waals surface area contributed by atoms with Gasteiger partial charge in [0.1, 0.15) is 34.3 Å². The molecule has 2 spiro atoms. The lowest BCUT2D eigenvalue weighted by Crippen LogP contribution is -2.49. The lowest BCUT2D eigenvalue weighted by atomic mass is 9.71. The van der Waals surface area contributed by atoms with E-state index in [4.69, 9.17) is 13.9 Å². The summed E-state index contributed by atoms with van der Waals surface area (Å²) in [6, 6.07) is 24.3. The third-order valence-corrected chi connectivity index (χ3v) is 14.9. The second-order valence-electron chi connectivity index (χ2n) is 19.7. The fraction of sp³-hybridized carbons (Fsp3) is 0.370. The van der Waals surface area contributed by atoms with Crippen LogP contribution >= 0.6 is 24.8 Å². The normalized spacial score (nSPS) is 19.5. The molecule has 4 fully saturated rings. The van der Waals surface area contributed by atoms with Crippen molar-refractivity contribution in [2.24, 2.45) is 10.8 Å². The van der Waals surface area contributed by atoms with E-state index in [-0.39, 0.29) is 59.3 Å². The number of rotatable bonds is 6. The van der Waals surface area contributed by atoms with Crippen molar-refractivity contribution in [3.63, 3.8) is 0 Å². The fourth-order valence-electron chi connectivity index (χ4n) is 10.2. The molecule has 0 radical (unpaired) electrons. The van der Waals surface area contributed by atoms with Crippen molar-refractivity contribution in [2.45, 2.75) is 50.4 Å². The van der Waals surface area contributed by atoms with Crippen LogP contribution in [0.2, 0.25) is 0 Å². The first kappa shape index (κ1) is 51.0. The maximum Gasteiger partial charge on any atom is 0.328 e. The largest absolute Gasteiger partial charge is 0.478 e. The predicted octanol–water partition coefficient (Wildman–Crippen LogP) is 8.02. The molecule has 0 unspecified atom stereocenters. The number of pyridine rings is 2. The number of amides is 3. The number of nitrogens with one attached hydrogen (secondary N) is 3. The fourth-order valence-corrected chi connectivity index (χ4v) is 10.2. The Kier molecular flexibility index (Phi) is 15.5. The maximum atomic E-state index is 12.8. The second-order valence-corrected chi connectivity index (χ2v) is 19.7. The summed E-state index contributed by atoms with van der Waals surface area (Å²) in [5.41, 5.74) is 4.84. The van der Waals surface area contributed by atoms with Gasteiger partial charge >= 0.3 is 5.97 Å². The van der Waals surface area contributed by atoms with Crippen molar-refractivity contribution in [1.29, 1.82) is 0 Å². The molecule has 3 amide bonds. The van der Waals surface area contributed by atoms with Gasteiger partial charge in [-0.15, -0.1) is 24.8 Å². The average molecular weight is 1000 g/mol. The van der Waals surface area contributed by atoms with E-state index in [2.05, 4.69) is 74.1 Å². The number of carbonyl (C=O) groups is 4. The molecule has 71 heavy (non-hydrogen) atoms. The van der Waals surface area contributed by atoms with Gasteiger partial charge in [-0.3, -0.25) is 14.4 Å². The molecule has 12 rings (SSSR count). The number of hydrogen-bond donors (Lipinski definition) is 4. The molecule has 4 N–H and O–H groups in total.